The first-order valence-electron chi connectivity index (χ1n) is 11.8. The lowest BCUT2D eigenvalue weighted by atomic mass is 10.0. The quantitative estimate of drug-likeness (QED) is 0.194. The van der Waals surface area contributed by atoms with E-state index >= 15 is 0 Å². The zero-order chi connectivity index (χ0) is 26.7. The predicted molar refractivity (Wildman–Crippen MR) is 137 cm³/mol. The van der Waals surface area contributed by atoms with Crippen molar-refractivity contribution < 1.29 is 28.9 Å². The lowest BCUT2D eigenvalue weighted by molar-refractivity contribution is -0.162. The Morgan fingerprint density at radius 3 is 2.08 bits per heavy atom. The minimum atomic E-state index is -1.61. The van der Waals surface area contributed by atoms with Crippen molar-refractivity contribution in [3.63, 3.8) is 0 Å². The molecule has 0 aliphatic carbocycles. The molecule has 2 aromatic rings. The summed E-state index contributed by atoms with van der Waals surface area (Å²) in [4.78, 5) is 37.6. The molecule has 196 valence electrons. The molecule has 0 heterocycles. The van der Waals surface area contributed by atoms with Crippen molar-refractivity contribution >= 4 is 28.6 Å². The highest BCUT2D eigenvalue weighted by molar-refractivity contribution is 7.85. The number of aliphatic hydroxyl groups excluding tert-OH is 1. The fourth-order valence-electron chi connectivity index (χ4n) is 3.60. The second-order valence-corrected chi connectivity index (χ2v) is 11.0. The highest BCUT2D eigenvalue weighted by atomic mass is 32.2. The zero-order valence-electron chi connectivity index (χ0n) is 20.8. The third kappa shape index (κ3) is 8.25. The molecule has 0 aliphatic rings. The van der Waals surface area contributed by atoms with Gasteiger partial charge in [-0.1, -0.05) is 67.1 Å². The molecule has 0 saturated carbocycles. The summed E-state index contributed by atoms with van der Waals surface area (Å²) in [7, 11) is -0.254. The summed E-state index contributed by atoms with van der Waals surface area (Å²) in [5.74, 6) is -1.70. The average Bonchev–Trinajstić information content (AvgIpc) is 2.89. The second-order valence-electron chi connectivity index (χ2n) is 8.97. The molecule has 0 bridgehead atoms. The van der Waals surface area contributed by atoms with Crippen molar-refractivity contribution in [1.29, 1.82) is 0 Å². The van der Waals surface area contributed by atoms with Gasteiger partial charge in [-0.3, -0.25) is 19.0 Å². The lowest BCUT2D eigenvalue weighted by Crippen LogP contribution is -2.61. The monoisotopic (exact) mass is 517 g/mol. The Morgan fingerprint density at radius 2 is 1.53 bits per heavy atom. The second kappa shape index (κ2) is 13.9. The van der Waals surface area contributed by atoms with E-state index in [9.17, 15) is 28.9 Å². The summed E-state index contributed by atoms with van der Waals surface area (Å²) in [6.45, 7) is 3.11. The maximum atomic E-state index is 13.1. The van der Waals surface area contributed by atoms with Gasteiger partial charge in [0.2, 0.25) is 5.91 Å². The molecule has 0 radical (unpaired) electrons. The molecule has 4 amide bonds. The molecule has 36 heavy (non-hydrogen) atoms. The van der Waals surface area contributed by atoms with E-state index in [0.29, 0.717) is 12.8 Å². The van der Waals surface area contributed by atoms with Crippen LogP contribution in [0.4, 0.5) is 4.79 Å². The molecule has 3 atom stereocenters. The fraction of sp³-hybridized carbons (Fsp3) is 0.423. The molecule has 2 rings (SSSR count). The molecule has 0 spiro atoms. The number of urea groups is 1. The summed E-state index contributed by atoms with van der Waals surface area (Å²) in [6, 6.07) is 16.2. The Bertz CT molecular complexity index is 1030. The number of aryl methyl sites for hydroxylation is 1. The number of hydroxylamine groups is 2. The van der Waals surface area contributed by atoms with Crippen LogP contribution in [0, 0.1) is 0 Å². The number of hydrogen-bond donors (Lipinski definition) is 4. The molecule has 0 saturated heterocycles. The third-order valence-electron chi connectivity index (χ3n) is 5.92. The number of nitrogens with zero attached hydrogens (tertiary/aromatic N) is 1. The van der Waals surface area contributed by atoms with Gasteiger partial charge in [0.25, 0.3) is 5.91 Å². The largest absolute Gasteiger partial charge is 0.383 e. The first-order valence-corrected chi connectivity index (χ1v) is 13.1. The Hall–Kier alpha value is -3.08. The van der Waals surface area contributed by atoms with Crippen LogP contribution in [0.2, 0.25) is 0 Å². The number of rotatable bonds is 12. The number of imide groups is 1. The number of benzene rings is 2. The van der Waals surface area contributed by atoms with E-state index in [-0.39, 0.29) is 17.2 Å². The zero-order valence-corrected chi connectivity index (χ0v) is 21.7. The van der Waals surface area contributed by atoms with E-state index < -0.39 is 45.5 Å². The molecule has 0 aromatic heterocycles. The van der Waals surface area contributed by atoms with Crippen molar-refractivity contribution in [2.24, 2.45) is 0 Å². The van der Waals surface area contributed by atoms with Crippen LogP contribution in [-0.4, -0.2) is 61.4 Å². The van der Waals surface area contributed by atoms with Crippen LogP contribution in [0.5, 0.6) is 0 Å². The van der Waals surface area contributed by atoms with Gasteiger partial charge in [-0.15, -0.1) is 5.06 Å². The number of likely N-dealkylation sites (N-methyl/N-ethyl adjacent to an activating group) is 1. The van der Waals surface area contributed by atoms with E-state index in [4.69, 9.17) is 0 Å². The number of carbonyl (C=O) groups is 3. The molecule has 2 aromatic carbocycles. The minimum absolute atomic E-state index is 0.0570. The number of aliphatic hydroxyl groups is 1. The van der Waals surface area contributed by atoms with E-state index in [1.54, 1.807) is 38.1 Å². The van der Waals surface area contributed by atoms with Crippen molar-refractivity contribution in [1.82, 2.24) is 15.7 Å². The Morgan fingerprint density at radius 1 is 0.972 bits per heavy atom. The number of nitrogens with one attached hydrogen (secondary N) is 2. The van der Waals surface area contributed by atoms with Gasteiger partial charge in [0.15, 0.2) is 0 Å². The Labute approximate surface area is 214 Å². The van der Waals surface area contributed by atoms with Crippen LogP contribution >= 0.6 is 0 Å². The maximum absolute atomic E-state index is 13.1. The highest BCUT2D eigenvalue weighted by Gasteiger charge is 2.42. The summed E-state index contributed by atoms with van der Waals surface area (Å²) in [6.07, 6.45) is 0.459. The standard InChI is InChI=1S/C26H35N3O6S/c1-26(2,36(35)18-20-15-8-5-9-16-20)22(23(31)27-3)28-25(33)29(34)24(32)21(30)17-11-10-14-19-12-6-4-7-13-19/h4-9,12-13,15-16,21-22,30,34H,10-11,14,17-18H2,1-3H3,(H,27,31)(H,28,33)/t21-,22?,36?/m0/s1. The van der Waals surface area contributed by atoms with E-state index in [0.717, 1.165) is 17.5 Å². The summed E-state index contributed by atoms with van der Waals surface area (Å²) >= 11 is 0. The first kappa shape index (κ1) is 29.2. The molecule has 9 nitrogen and oxygen atoms in total. The van der Waals surface area contributed by atoms with Crippen molar-refractivity contribution in [3.8, 4) is 0 Å². The minimum Gasteiger partial charge on any atom is -0.383 e. The van der Waals surface area contributed by atoms with Gasteiger partial charge in [-0.2, -0.15) is 0 Å². The Kier molecular flexibility index (Phi) is 11.2. The third-order valence-corrected chi connectivity index (χ3v) is 7.93. The van der Waals surface area contributed by atoms with Crippen LogP contribution in [-0.2, 0) is 32.6 Å². The van der Waals surface area contributed by atoms with Gasteiger partial charge in [0.05, 0.1) is 4.75 Å². The predicted octanol–water partition coefficient (Wildman–Crippen LogP) is 2.53. The van der Waals surface area contributed by atoms with Crippen LogP contribution < -0.4 is 10.6 Å². The van der Waals surface area contributed by atoms with Crippen LogP contribution in [0.25, 0.3) is 0 Å². The molecule has 10 heteroatoms. The van der Waals surface area contributed by atoms with E-state index in [1.165, 1.54) is 7.05 Å². The first-order chi connectivity index (χ1) is 17.1. The van der Waals surface area contributed by atoms with E-state index in [1.807, 2.05) is 36.4 Å². The SMILES string of the molecule is CNC(=O)C(NC(=O)N(O)C(=O)[C@@H](O)CCCCc1ccccc1)C(C)(C)S(=O)Cc1ccccc1. The van der Waals surface area contributed by atoms with Crippen molar-refractivity contribution in [3.05, 3.63) is 71.8 Å². The van der Waals surface area contributed by atoms with Crippen molar-refractivity contribution in [2.45, 2.75) is 62.2 Å². The van der Waals surface area contributed by atoms with Gasteiger partial charge in [0.1, 0.15) is 12.1 Å². The topological polar surface area (TPSA) is 136 Å². The number of carbonyl (C=O) groups excluding carboxylic acids is 3. The van der Waals surface area contributed by atoms with Gasteiger partial charge in [-0.25, -0.2) is 4.79 Å². The van der Waals surface area contributed by atoms with E-state index in [2.05, 4.69) is 10.6 Å². The average molecular weight is 518 g/mol. The maximum Gasteiger partial charge on any atom is 0.349 e. The van der Waals surface area contributed by atoms with Crippen LogP contribution in [0.1, 0.15) is 44.2 Å². The summed E-state index contributed by atoms with van der Waals surface area (Å²) in [5, 5.41) is 24.8. The summed E-state index contributed by atoms with van der Waals surface area (Å²) < 4.78 is 11.9. The van der Waals surface area contributed by atoms with Gasteiger partial charge < -0.3 is 15.7 Å². The van der Waals surface area contributed by atoms with Gasteiger partial charge in [0, 0.05) is 23.6 Å². The number of hydrogen-bond acceptors (Lipinski definition) is 6. The summed E-state index contributed by atoms with van der Waals surface area (Å²) in [5.41, 5.74) is 1.93. The van der Waals surface area contributed by atoms with Crippen LogP contribution in [0.3, 0.4) is 0 Å². The smallest absolute Gasteiger partial charge is 0.349 e. The normalized spacial score (nSPS) is 13.8. The number of unbranched alkanes of at least 4 members (excludes halogenated alkanes) is 1. The fourth-order valence-corrected chi connectivity index (χ4v) is 4.90. The number of amides is 4. The van der Waals surface area contributed by atoms with Gasteiger partial charge in [-0.05, 0) is 44.2 Å². The van der Waals surface area contributed by atoms with Crippen LogP contribution in [0.15, 0.2) is 60.7 Å². The molecule has 4 N–H and O–H groups in total. The molecular weight excluding hydrogens is 482 g/mol. The Balaban J connectivity index is 1.97. The highest BCUT2D eigenvalue weighted by Crippen LogP contribution is 2.22. The van der Waals surface area contributed by atoms with Gasteiger partial charge >= 0.3 is 6.03 Å². The lowest BCUT2D eigenvalue weighted by Gasteiger charge is -2.33. The molecule has 2 unspecified atom stereocenters. The molecule has 0 aliphatic heterocycles. The molecule has 0 fully saturated rings. The van der Waals surface area contributed by atoms with Crippen molar-refractivity contribution in [2.75, 3.05) is 7.05 Å². The molecular formula is C26H35N3O6S.